The lowest BCUT2D eigenvalue weighted by molar-refractivity contribution is 0.847. The molecule has 1 atom stereocenters. The van der Waals surface area contributed by atoms with E-state index >= 15 is 0 Å². The fourth-order valence-electron chi connectivity index (χ4n) is 2.19. The van der Waals surface area contributed by atoms with Crippen LogP contribution in [0.15, 0.2) is 47.8 Å². The number of benzene rings is 1. The first-order chi connectivity index (χ1) is 10.7. The smallest absolute Gasteiger partial charge is 0.188 e. The Morgan fingerprint density at radius 1 is 1.14 bits per heavy atom. The highest BCUT2D eigenvalue weighted by molar-refractivity contribution is 7.98. The quantitative estimate of drug-likeness (QED) is 0.412. The number of hydrogen-bond donors (Lipinski definition) is 0. The van der Waals surface area contributed by atoms with Gasteiger partial charge in [-0.25, -0.2) is 9.97 Å². The second kappa shape index (κ2) is 6.30. The van der Waals surface area contributed by atoms with Crippen molar-refractivity contribution in [2.24, 2.45) is 0 Å². The minimum absolute atomic E-state index is 0.329. The number of hydrogen-bond acceptors (Lipinski definition) is 5. The highest BCUT2D eigenvalue weighted by Crippen LogP contribution is 2.26. The molecule has 6 heteroatoms. The van der Waals surface area contributed by atoms with E-state index in [-0.39, 0.29) is 0 Å². The summed E-state index contributed by atoms with van der Waals surface area (Å²) in [6.07, 6.45) is 3.64. The van der Waals surface area contributed by atoms with Crippen LogP contribution in [0.3, 0.4) is 0 Å². The van der Waals surface area contributed by atoms with Crippen LogP contribution in [0.2, 0.25) is 5.15 Å². The molecule has 2 heterocycles. The fraction of sp³-hybridized carbons (Fsp3) is 0.125. The molecule has 0 aliphatic heterocycles. The molecule has 108 valence electrons. The second-order valence-corrected chi connectivity index (χ2v) is 5.78. The minimum Gasteiger partial charge on any atom is -0.259 e. The van der Waals surface area contributed by atoms with Gasteiger partial charge in [0.05, 0.1) is 17.5 Å². The van der Waals surface area contributed by atoms with E-state index in [0.29, 0.717) is 21.7 Å². The second-order valence-electron chi connectivity index (χ2n) is 4.62. The summed E-state index contributed by atoms with van der Waals surface area (Å²) >= 11 is 7.40. The van der Waals surface area contributed by atoms with Gasteiger partial charge >= 0.3 is 0 Å². The Morgan fingerprint density at radius 2 is 1.91 bits per heavy atom. The summed E-state index contributed by atoms with van der Waals surface area (Å²) in [4.78, 5) is 12.9. The first-order valence-electron chi connectivity index (χ1n) is 6.54. The van der Waals surface area contributed by atoms with Gasteiger partial charge in [0.1, 0.15) is 11.1 Å². The summed E-state index contributed by atoms with van der Waals surface area (Å²) in [6.45, 7) is 0. The van der Waals surface area contributed by atoms with Crippen molar-refractivity contribution in [2.75, 3.05) is 6.26 Å². The molecule has 3 aromatic rings. The number of nitriles is 1. The number of rotatable bonds is 3. The lowest BCUT2D eigenvalue weighted by Crippen LogP contribution is -2.05. The van der Waals surface area contributed by atoms with Gasteiger partial charge in [-0.1, -0.05) is 47.6 Å². The molecule has 0 radical (unpaired) electrons. The van der Waals surface area contributed by atoms with Crippen LogP contribution in [0, 0.1) is 11.3 Å². The van der Waals surface area contributed by atoms with Crippen molar-refractivity contribution in [3.05, 3.63) is 59.1 Å². The maximum atomic E-state index is 9.56. The van der Waals surface area contributed by atoms with E-state index in [0.717, 1.165) is 10.8 Å². The molecule has 0 N–H and O–H groups in total. The summed E-state index contributed by atoms with van der Waals surface area (Å²) in [6, 6.07) is 13.7. The van der Waals surface area contributed by atoms with Crippen molar-refractivity contribution >= 4 is 34.1 Å². The van der Waals surface area contributed by atoms with Crippen LogP contribution in [0.1, 0.15) is 17.3 Å². The Labute approximate surface area is 137 Å². The molecule has 0 saturated carbocycles. The van der Waals surface area contributed by atoms with Crippen LogP contribution in [0.5, 0.6) is 0 Å². The highest BCUT2D eigenvalue weighted by atomic mass is 35.5. The van der Waals surface area contributed by atoms with Crippen molar-refractivity contribution in [3.8, 4) is 6.07 Å². The Bertz CT molecular complexity index is 875. The molecule has 0 aliphatic carbocycles. The van der Waals surface area contributed by atoms with Crippen LogP contribution in [-0.4, -0.2) is 21.2 Å². The van der Waals surface area contributed by atoms with E-state index in [9.17, 15) is 5.26 Å². The van der Waals surface area contributed by atoms with Gasteiger partial charge in [0, 0.05) is 11.6 Å². The summed E-state index contributed by atoms with van der Waals surface area (Å²) in [5.74, 6) is -0.573. The van der Waals surface area contributed by atoms with Gasteiger partial charge in [0.15, 0.2) is 5.16 Å². The number of nitrogens with zero attached hydrogens (tertiary/aromatic N) is 4. The molecule has 0 fully saturated rings. The minimum atomic E-state index is -0.573. The summed E-state index contributed by atoms with van der Waals surface area (Å²) in [5.41, 5.74) is 1.22. The third-order valence-electron chi connectivity index (χ3n) is 3.25. The van der Waals surface area contributed by atoms with Crippen molar-refractivity contribution < 1.29 is 0 Å². The molecule has 0 unspecified atom stereocenters. The Balaban J connectivity index is 2.10. The van der Waals surface area contributed by atoms with Crippen LogP contribution in [0.4, 0.5) is 0 Å². The predicted octanol–water partition coefficient (Wildman–Crippen LogP) is 4.06. The summed E-state index contributed by atoms with van der Waals surface area (Å²) < 4.78 is 0. The van der Waals surface area contributed by atoms with E-state index in [1.807, 2.05) is 36.6 Å². The standard InChI is InChI=1S/C16H11ClN4S/c1-22-16-20-14(7-15(17)21-16)12(8-18)13-6-10-4-2-3-5-11(10)9-19-13/h2-7,9,12H,1H3/t12-/m0/s1. The van der Waals surface area contributed by atoms with Gasteiger partial charge in [-0.2, -0.15) is 5.26 Å². The number of fused-ring (bicyclic) bond motifs is 1. The Hall–Kier alpha value is -2.16. The largest absolute Gasteiger partial charge is 0.259 e. The fourth-order valence-corrected chi connectivity index (χ4v) is 2.82. The molecular formula is C16H11ClN4S. The number of thioether (sulfide) groups is 1. The maximum Gasteiger partial charge on any atom is 0.188 e. The number of aromatic nitrogens is 3. The molecule has 0 bridgehead atoms. The van der Waals surface area contributed by atoms with Gasteiger partial charge < -0.3 is 0 Å². The highest BCUT2D eigenvalue weighted by Gasteiger charge is 2.19. The van der Waals surface area contributed by atoms with E-state index in [1.165, 1.54) is 11.8 Å². The van der Waals surface area contributed by atoms with Crippen LogP contribution >= 0.6 is 23.4 Å². The SMILES string of the molecule is CSc1nc(Cl)cc([C@@H](C#N)c2cc3ccccc3cn2)n1. The Kier molecular flexibility index (Phi) is 4.23. The molecule has 4 nitrogen and oxygen atoms in total. The molecule has 2 aromatic heterocycles. The lowest BCUT2D eigenvalue weighted by atomic mass is 10.0. The predicted molar refractivity (Wildman–Crippen MR) is 88.0 cm³/mol. The zero-order valence-electron chi connectivity index (χ0n) is 11.7. The molecule has 0 aliphatic rings. The third-order valence-corrected chi connectivity index (χ3v) is 3.99. The maximum absolute atomic E-state index is 9.56. The van der Waals surface area contributed by atoms with Gasteiger partial charge in [0.25, 0.3) is 0 Å². The van der Waals surface area contributed by atoms with E-state index in [2.05, 4.69) is 21.0 Å². The molecular weight excluding hydrogens is 316 g/mol. The normalized spacial score (nSPS) is 12.0. The lowest BCUT2D eigenvalue weighted by Gasteiger charge is -2.10. The summed E-state index contributed by atoms with van der Waals surface area (Å²) in [7, 11) is 0. The van der Waals surface area contributed by atoms with Crippen molar-refractivity contribution in [1.82, 2.24) is 15.0 Å². The molecule has 0 spiro atoms. The van der Waals surface area contributed by atoms with E-state index < -0.39 is 5.92 Å². The zero-order chi connectivity index (χ0) is 15.5. The molecule has 0 amide bonds. The third kappa shape index (κ3) is 2.89. The average Bonchev–Trinajstić information content (AvgIpc) is 2.55. The average molecular weight is 327 g/mol. The van der Waals surface area contributed by atoms with Gasteiger partial charge in [-0.15, -0.1) is 0 Å². The van der Waals surface area contributed by atoms with Crippen LogP contribution in [-0.2, 0) is 0 Å². The van der Waals surface area contributed by atoms with Gasteiger partial charge in [-0.3, -0.25) is 4.98 Å². The number of halogens is 1. The molecule has 1 aromatic carbocycles. The molecule has 0 saturated heterocycles. The Morgan fingerprint density at radius 3 is 2.64 bits per heavy atom. The van der Waals surface area contributed by atoms with E-state index in [1.54, 1.807) is 12.3 Å². The monoisotopic (exact) mass is 326 g/mol. The van der Waals surface area contributed by atoms with Gasteiger partial charge in [-0.05, 0) is 23.8 Å². The van der Waals surface area contributed by atoms with E-state index in [4.69, 9.17) is 11.6 Å². The molecule has 3 rings (SSSR count). The van der Waals surface area contributed by atoms with Crippen LogP contribution < -0.4 is 0 Å². The molecule has 22 heavy (non-hydrogen) atoms. The van der Waals surface area contributed by atoms with Crippen molar-refractivity contribution in [2.45, 2.75) is 11.1 Å². The number of pyridine rings is 1. The van der Waals surface area contributed by atoms with Crippen molar-refractivity contribution in [3.63, 3.8) is 0 Å². The summed E-state index contributed by atoms with van der Waals surface area (Å²) in [5, 5.41) is 12.5. The van der Waals surface area contributed by atoms with Crippen molar-refractivity contribution in [1.29, 1.82) is 5.26 Å². The zero-order valence-corrected chi connectivity index (χ0v) is 13.3. The first-order valence-corrected chi connectivity index (χ1v) is 8.14. The van der Waals surface area contributed by atoms with Gasteiger partial charge in [0.2, 0.25) is 0 Å². The van der Waals surface area contributed by atoms with Crippen LogP contribution in [0.25, 0.3) is 10.8 Å². The topological polar surface area (TPSA) is 62.5 Å². The first kappa shape index (κ1) is 14.8.